The number of aliphatic carboxylic acids is 1. The second kappa shape index (κ2) is 11.4. The predicted molar refractivity (Wildman–Crippen MR) is 133 cm³/mol. The molecule has 10 nitrogen and oxygen atoms in total. The fraction of sp³-hybridized carbons (Fsp3) is 0.542. The van der Waals surface area contributed by atoms with Gasteiger partial charge < -0.3 is 35.3 Å². The Balaban J connectivity index is 1.53. The Bertz CT molecular complexity index is 1150. The third-order valence-electron chi connectivity index (χ3n) is 6.85. The van der Waals surface area contributed by atoms with Gasteiger partial charge in [-0.25, -0.2) is 0 Å². The van der Waals surface area contributed by atoms with Gasteiger partial charge in [-0.3, -0.25) is 4.79 Å². The largest absolute Gasteiger partial charge is 0.491 e. The molecule has 0 aliphatic carbocycles. The lowest BCUT2D eigenvalue weighted by Gasteiger charge is -2.39. The average Bonchev–Trinajstić information content (AvgIpc) is 3.26. The standard InChI is InChI=1S/C24H29ClF3N5O5/c1-36-8-9-37-17-10-14(25)2-3-15(17)20(24(26,27)28)38-19-11-18(31-22(29)32-19)33-6-4-23(5-7-33)12-16(21(34)35)30-13-23/h2-3,10-11,16,20,30H,4-9,12-13H2,1H3,(H,34,35)(H2,29,31,32)/t16-,20?/m0/s1. The molecular weight excluding hydrogens is 531 g/mol. The van der Waals surface area contributed by atoms with Crippen LogP contribution in [-0.2, 0) is 9.53 Å². The maximum Gasteiger partial charge on any atom is 0.429 e. The van der Waals surface area contributed by atoms with Crippen molar-refractivity contribution in [3.8, 4) is 11.6 Å². The molecule has 0 saturated carbocycles. The lowest BCUT2D eigenvalue weighted by atomic mass is 9.76. The third kappa shape index (κ3) is 6.51. The number of benzene rings is 1. The highest BCUT2D eigenvalue weighted by molar-refractivity contribution is 6.30. The first-order valence-electron chi connectivity index (χ1n) is 12.0. The number of hydrogen-bond donors (Lipinski definition) is 3. The van der Waals surface area contributed by atoms with Crippen molar-refractivity contribution in [3.05, 3.63) is 34.9 Å². The number of ether oxygens (including phenoxy) is 3. The minimum atomic E-state index is -4.82. The average molecular weight is 560 g/mol. The van der Waals surface area contributed by atoms with Crippen LogP contribution in [0.15, 0.2) is 24.3 Å². The Morgan fingerprint density at radius 1 is 1.29 bits per heavy atom. The number of piperidine rings is 1. The van der Waals surface area contributed by atoms with Gasteiger partial charge in [0, 0.05) is 43.4 Å². The predicted octanol–water partition coefficient (Wildman–Crippen LogP) is 3.45. The monoisotopic (exact) mass is 559 g/mol. The van der Waals surface area contributed by atoms with Crippen LogP contribution in [0.25, 0.3) is 0 Å². The Hall–Kier alpha value is -3.03. The number of carbonyl (C=O) groups is 1. The number of hydrogen-bond acceptors (Lipinski definition) is 9. The molecule has 2 saturated heterocycles. The van der Waals surface area contributed by atoms with E-state index < -0.39 is 24.3 Å². The Morgan fingerprint density at radius 2 is 2.03 bits per heavy atom. The van der Waals surface area contributed by atoms with Crippen LogP contribution < -0.4 is 25.4 Å². The van der Waals surface area contributed by atoms with Crippen LogP contribution in [0.2, 0.25) is 5.02 Å². The molecule has 38 heavy (non-hydrogen) atoms. The summed E-state index contributed by atoms with van der Waals surface area (Å²) in [5.41, 5.74) is 5.42. The van der Waals surface area contributed by atoms with Crippen LogP contribution in [-0.4, -0.2) is 73.2 Å². The molecular formula is C24H29ClF3N5O5. The van der Waals surface area contributed by atoms with Gasteiger partial charge in [-0.2, -0.15) is 23.1 Å². The quantitative estimate of drug-likeness (QED) is 0.392. The van der Waals surface area contributed by atoms with E-state index in [2.05, 4.69) is 15.3 Å². The summed E-state index contributed by atoms with van der Waals surface area (Å²) in [6.07, 6.45) is -5.31. The Morgan fingerprint density at radius 3 is 2.66 bits per heavy atom. The van der Waals surface area contributed by atoms with E-state index in [1.54, 1.807) is 0 Å². The van der Waals surface area contributed by atoms with Crippen LogP contribution in [0, 0.1) is 5.41 Å². The van der Waals surface area contributed by atoms with E-state index in [1.807, 2.05) is 4.90 Å². The number of nitrogens with two attached hydrogens (primary N) is 1. The van der Waals surface area contributed by atoms with Gasteiger partial charge in [-0.05, 0) is 42.9 Å². The first kappa shape index (κ1) is 28.0. The lowest BCUT2D eigenvalue weighted by Crippen LogP contribution is -2.41. The fourth-order valence-corrected chi connectivity index (χ4v) is 5.01. The zero-order chi connectivity index (χ0) is 27.5. The minimum absolute atomic E-state index is 0.0121. The second-order valence-corrected chi connectivity index (χ2v) is 9.88. The lowest BCUT2D eigenvalue weighted by molar-refractivity contribution is -0.199. The van der Waals surface area contributed by atoms with Crippen LogP contribution in [0.4, 0.5) is 24.9 Å². The van der Waals surface area contributed by atoms with Crippen molar-refractivity contribution >= 4 is 29.3 Å². The number of methoxy groups -OCH3 is 1. The summed E-state index contributed by atoms with van der Waals surface area (Å²) < 4.78 is 58.4. The van der Waals surface area contributed by atoms with Gasteiger partial charge in [0.15, 0.2) is 0 Å². The molecule has 208 valence electrons. The van der Waals surface area contributed by atoms with Crippen molar-refractivity contribution in [1.82, 2.24) is 15.3 Å². The molecule has 2 aromatic rings. The van der Waals surface area contributed by atoms with E-state index in [9.17, 15) is 23.1 Å². The molecule has 2 fully saturated rings. The molecule has 2 atom stereocenters. The number of nitrogens with zero attached hydrogens (tertiary/aromatic N) is 3. The van der Waals surface area contributed by atoms with Crippen LogP contribution in [0.1, 0.15) is 30.9 Å². The number of anilines is 2. The topological polar surface area (TPSA) is 132 Å². The van der Waals surface area contributed by atoms with Gasteiger partial charge in [0.1, 0.15) is 24.2 Å². The molecule has 1 unspecified atom stereocenters. The Labute approximate surface area is 222 Å². The van der Waals surface area contributed by atoms with Crippen molar-refractivity contribution in [2.45, 2.75) is 37.6 Å². The van der Waals surface area contributed by atoms with E-state index in [0.29, 0.717) is 44.7 Å². The molecule has 2 aliphatic rings. The normalized spacial score (nSPS) is 19.9. The highest BCUT2D eigenvalue weighted by atomic mass is 35.5. The van der Waals surface area contributed by atoms with Gasteiger partial charge >= 0.3 is 12.1 Å². The number of nitrogens with one attached hydrogen (secondary N) is 1. The molecule has 2 aliphatic heterocycles. The molecule has 3 heterocycles. The molecule has 14 heteroatoms. The van der Waals surface area contributed by atoms with Crippen molar-refractivity contribution in [1.29, 1.82) is 0 Å². The molecule has 4 N–H and O–H groups in total. The summed E-state index contributed by atoms with van der Waals surface area (Å²) in [5.74, 6) is -1.22. The highest BCUT2D eigenvalue weighted by Gasteiger charge is 2.46. The summed E-state index contributed by atoms with van der Waals surface area (Å²) in [6.45, 7) is 1.83. The van der Waals surface area contributed by atoms with Crippen LogP contribution in [0.3, 0.4) is 0 Å². The molecule has 0 amide bonds. The van der Waals surface area contributed by atoms with Gasteiger partial charge in [-0.1, -0.05) is 11.6 Å². The molecule has 1 aromatic carbocycles. The number of alkyl halides is 3. The molecule has 1 spiro atoms. The van der Waals surface area contributed by atoms with Gasteiger partial charge in [0.2, 0.25) is 17.9 Å². The number of halogens is 4. The number of nitrogen functional groups attached to an aromatic ring is 1. The summed E-state index contributed by atoms with van der Waals surface area (Å²) in [4.78, 5) is 21.3. The van der Waals surface area contributed by atoms with Crippen molar-refractivity contribution in [3.63, 3.8) is 0 Å². The molecule has 0 radical (unpaired) electrons. The Kier molecular flexibility index (Phi) is 8.38. The summed E-state index contributed by atoms with van der Waals surface area (Å²) in [7, 11) is 1.44. The van der Waals surface area contributed by atoms with Crippen molar-refractivity contribution < 1.29 is 37.3 Å². The van der Waals surface area contributed by atoms with Crippen LogP contribution in [0.5, 0.6) is 11.6 Å². The maximum absolute atomic E-state index is 14.2. The molecule has 0 bridgehead atoms. The van der Waals surface area contributed by atoms with E-state index in [1.165, 1.54) is 31.4 Å². The van der Waals surface area contributed by atoms with Crippen molar-refractivity contribution in [2.24, 2.45) is 5.41 Å². The summed E-state index contributed by atoms with van der Waals surface area (Å²) in [6, 6.07) is 4.54. The van der Waals surface area contributed by atoms with Crippen molar-refractivity contribution in [2.75, 3.05) is 50.6 Å². The first-order chi connectivity index (χ1) is 18.0. The van der Waals surface area contributed by atoms with Crippen LogP contribution >= 0.6 is 11.6 Å². The molecule has 1 aromatic heterocycles. The minimum Gasteiger partial charge on any atom is -0.491 e. The van der Waals surface area contributed by atoms with Gasteiger partial charge in [-0.15, -0.1) is 0 Å². The van der Waals surface area contributed by atoms with E-state index in [-0.39, 0.29) is 46.8 Å². The molecule has 4 rings (SSSR count). The number of carboxylic acid groups (broad SMARTS) is 1. The van der Waals surface area contributed by atoms with E-state index in [0.717, 1.165) is 0 Å². The second-order valence-electron chi connectivity index (χ2n) is 9.45. The zero-order valence-electron chi connectivity index (χ0n) is 20.6. The van der Waals surface area contributed by atoms with E-state index >= 15 is 0 Å². The van der Waals surface area contributed by atoms with Gasteiger partial charge in [0.25, 0.3) is 0 Å². The third-order valence-corrected chi connectivity index (χ3v) is 7.09. The maximum atomic E-state index is 14.2. The smallest absolute Gasteiger partial charge is 0.429 e. The van der Waals surface area contributed by atoms with E-state index in [4.69, 9.17) is 31.5 Å². The number of aromatic nitrogens is 2. The zero-order valence-corrected chi connectivity index (χ0v) is 21.4. The van der Waals surface area contributed by atoms with Gasteiger partial charge in [0.05, 0.1) is 6.61 Å². The number of carboxylic acids is 1. The summed E-state index contributed by atoms with van der Waals surface area (Å²) in [5, 5.41) is 12.5. The first-order valence-corrected chi connectivity index (χ1v) is 12.4. The SMILES string of the molecule is COCCOc1cc(Cl)ccc1C(Oc1cc(N2CCC3(CC2)CN[C@H](C(=O)O)C3)nc(N)n1)C(F)(F)F. The highest BCUT2D eigenvalue weighted by Crippen LogP contribution is 2.43. The summed E-state index contributed by atoms with van der Waals surface area (Å²) >= 11 is 6.00. The fourth-order valence-electron chi connectivity index (χ4n) is 4.85. The number of rotatable bonds is 9.